The van der Waals surface area contributed by atoms with Gasteiger partial charge in [0.2, 0.25) is 0 Å². The van der Waals surface area contributed by atoms with Crippen molar-refractivity contribution in [2.45, 2.75) is 19.8 Å². The zero-order valence-electron chi connectivity index (χ0n) is 9.36. The molecule has 0 unspecified atom stereocenters. The summed E-state index contributed by atoms with van der Waals surface area (Å²) in [7, 11) is 0. The summed E-state index contributed by atoms with van der Waals surface area (Å²) in [5.41, 5.74) is 2.34. The molecule has 1 aromatic rings. The van der Waals surface area contributed by atoms with Crippen LogP contribution in [0, 0.1) is 0 Å². The standard InChI is InChI=1S/C13H14O3/c1-8(2)9-3-4-10-5-11(13(14)15)7-16-12(10)6-9/h3-6,8H,7H2,1-2H3,(H,14,15). The Labute approximate surface area is 94.4 Å². The van der Waals surface area contributed by atoms with Gasteiger partial charge in [-0.05, 0) is 23.6 Å². The Balaban J connectivity index is 2.39. The molecule has 1 aliphatic heterocycles. The van der Waals surface area contributed by atoms with Gasteiger partial charge in [-0.25, -0.2) is 4.79 Å². The number of benzene rings is 1. The largest absolute Gasteiger partial charge is 0.488 e. The topological polar surface area (TPSA) is 46.5 Å². The van der Waals surface area contributed by atoms with Crippen molar-refractivity contribution in [3.8, 4) is 5.75 Å². The van der Waals surface area contributed by atoms with Crippen molar-refractivity contribution >= 4 is 12.0 Å². The van der Waals surface area contributed by atoms with Crippen LogP contribution in [0.2, 0.25) is 0 Å². The number of carbonyl (C=O) groups is 1. The minimum Gasteiger partial charge on any atom is -0.488 e. The van der Waals surface area contributed by atoms with E-state index < -0.39 is 5.97 Å². The molecular formula is C13H14O3. The van der Waals surface area contributed by atoms with Gasteiger partial charge in [-0.15, -0.1) is 0 Å². The fraction of sp³-hybridized carbons (Fsp3) is 0.308. The fourth-order valence-electron chi connectivity index (χ4n) is 1.66. The van der Waals surface area contributed by atoms with Crippen LogP contribution in [0.5, 0.6) is 5.75 Å². The highest BCUT2D eigenvalue weighted by Crippen LogP contribution is 2.29. The van der Waals surface area contributed by atoms with Gasteiger partial charge in [0.05, 0.1) is 5.57 Å². The number of ether oxygens (including phenoxy) is 1. The molecule has 3 heteroatoms. The summed E-state index contributed by atoms with van der Waals surface area (Å²) in [5.74, 6) is 0.300. The summed E-state index contributed by atoms with van der Waals surface area (Å²) in [4.78, 5) is 10.8. The van der Waals surface area contributed by atoms with Gasteiger partial charge in [0.25, 0.3) is 0 Å². The van der Waals surface area contributed by atoms with Crippen molar-refractivity contribution in [3.05, 3.63) is 34.9 Å². The van der Waals surface area contributed by atoms with Crippen molar-refractivity contribution in [2.75, 3.05) is 6.61 Å². The lowest BCUT2D eigenvalue weighted by molar-refractivity contribution is -0.132. The minimum absolute atomic E-state index is 0.143. The smallest absolute Gasteiger partial charge is 0.335 e. The maximum atomic E-state index is 10.8. The van der Waals surface area contributed by atoms with Crippen LogP contribution in [0.25, 0.3) is 6.08 Å². The molecule has 84 valence electrons. The van der Waals surface area contributed by atoms with Crippen molar-refractivity contribution in [1.82, 2.24) is 0 Å². The van der Waals surface area contributed by atoms with E-state index in [1.165, 1.54) is 5.56 Å². The van der Waals surface area contributed by atoms with Crippen LogP contribution >= 0.6 is 0 Å². The van der Waals surface area contributed by atoms with E-state index in [-0.39, 0.29) is 6.61 Å². The summed E-state index contributed by atoms with van der Waals surface area (Å²) in [6, 6.07) is 5.90. The number of carboxylic acids is 1. The van der Waals surface area contributed by atoms with Crippen molar-refractivity contribution in [3.63, 3.8) is 0 Å². The second kappa shape index (κ2) is 4.00. The highest BCUT2D eigenvalue weighted by Gasteiger charge is 2.16. The van der Waals surface area contributed by atoms with Crippen LogP contribution in [-0.2, 0) is 4.79 Å². The molecule has 0 radical (unpaired) electrons. The molecule has 16 heavy (non-hydrogen) atoms. The molecule has 0 fully saturated rings. The molecule has 0 amide bonds. The zero-order valence-corrected chi connectivity index (χ0v) is 9.36. The van der Waals surface area contributed by atoms with Gasteiger partial charge in [0.1, 0.15) is 12.4 Å². The van der Waals surface area contributed by atoms with Crippen LogP contribution in [0.3, 0.4) is 0 Å². The van der Waals surface area contributed by atoms with Gasteiger partial charge in [-0.1, -0.05) is 26.0 Å². The van der Waals surface area contributed by atoms with E-state index in [9.17, 15) is 4.79 Å². The average Bonchev–Trinajstić information content (AvgIpc) is 2.27. The molecule has 0 atom stereocenters. The van der Waals surface area contributed by atoms with E-state index in [2.05, 4.69) is 13.8 Å². The van der Waals surface area contributed by atoms with Crippen molar-refractivity contribution in [1.29, 1.82) is 0 Å². The number of hydrogen-bond donors (Lipinski definition) is 1. The first kappa shape index (κ1) is 10.7. The van der Waals surface area contributed by atoms with E-state index in [4.69, 9.17) is 9.84 Å². The molecule has 0 saturated heterocycles. The molecule has 2 rings (SSSR count). The summed E-state index contributed by atoms with van der Waals surface area (Å²) >= 11 is 0. The molecule has 0 saturated carbocycles. The number of fused-ring (bicyclic) bond motifs is 1. The molecule has 1 aromatic carbocycles. The normalized spacial score (nSPS) is 14.1. The molecule has 0 aliphatic carbocycles. The predicted octanol–water partition coefficient (Wildman–Crippen LogP) is 2.67. The van der Waals surface area contributed by atoms with Crippen LogP contribution in [0.4, 0.5) is 0 Å². The summed E-state index contributed by atoms with van der Waals surface area (Å²) in [5, 5.41) is 8.86. The van der Waals surface area contributed by atoms with Gasteiger partial charge in [0, 0.05) is 5.56 Å². The first-order chi connectivity index (χ1) is 7.58. The molecule has 0 aromatic heterocycles. The Bertz CT molecular complexity index is 458. The second-order valence-electron chi connectivity index (χ2n) is 4.22. The lowest BCUT2D eigenvalue weighted by Gasteiger charge is -2.17. The highest BCUT2D eigenvalue weighted by atomic mass is 16.5. The molecule has 1 N–H and O–H groups in total. The summed E-state index contributed by atoms with van der Waals surface area (Å²) < 4.78 is 5.44. The van der Waals surface area contributed by atoms with Crippen LogP contribution in [0.15, 0.2) is 23.8 Å². The van der Waals surface area contributed by atoms with Crippen molar-refractivity contribution in [2.24, 2.45) is 0 Å². The number of hydrogen-bond acceptors (Lipinski definition) is 2. The molecule has 0 spiro atoms. The Morgan fingerprint density at radius 3 is 2.81 bits per heavy atom. The minimum atomic E-state index is -0.918. The van der Waals surface area contributed by atoms with E-state index in [1.807, 2.05) is 18.2 Å². The third-order valence-electron chi connectivity index (χ3n) is 2.69. The first-order valence-electron chi connectivity index (χ1n) is 5.28. The maximum Gasteiger partial charge on any atom is 0.335 e. The van der Waals surface area contributed by atoms with E-state index >= 15 is 0 Å². The van der Waals surface area contributed by atoms with Gasteiger partial charge < -0.3 is 9.84 Å². The van der Waals surface area contributed by atoms with Gasteiger partial charge in [-0.3, -0.25) is 0 Å². The SMILES string of the molecule is CC(C)c1ccc2c(c1)OCC(C(=O)O)=C2. The lowest BCUT2D eigenvalue weighted by atomic mass is 9.99. The van der Waals surface area contributed by atoms with Gasteiger partial charge >= 0.3 is 5.97 Å². The third-order valence-corrected chi connectivity index (χ3v) is 2.69. The van der Waals surface area contributed by atoms with Gasteiger partial charge in [-0.2, -0.15) is 0 Å². The molecular weight excluding hydrogens is 204 g/mol. The Kier molecular flexibility index (Phi) is 2.69. The van der Waals surface area contributed by atoms with Crippen molar-refractivity contribution < 1.29 is 14.6 Å². The van der Waals surface area contributed by atoms with E-state index in [1.54, 1.807) is 6.08 Å². The molecule has 0 bridgehead atoms. The summed E-state index contributed by atoms with van der Waals surface area (Å²) in [6.07, 6.45) is 1.67. The number of rotatable bonds is 2. The van der Waals surface area contributed by atoms with Crippen LogP contribution in [-0.4, -0.2) is 17.7 Å². The zero-order chi connectivity index (χ0) is 11.7. The molecule has 1 aliphatic rings. The predicted molar refractivity (Wildman–Crippen MR) is 61.6 cm³/mol. The number of carboxylic acid groups (broad SMARTS) is 1. The maximum absolute atomic E-state index is 10.8. The van der Waals surface area contributed by atoms with Gasteiger partial charge in [0.15, 0.2) is 0 Å². The highest BCUT2D eigenvalue weighted by molar-refractivity contribution is 5.93. The second-order valence-corrected chi connectivity index (χ2v) is 4.22. The lowest BCUT2D eigenvalue weighted by Crippen LogP contribution is -2.14. The monoisotopic (exact) mass is 218 g/mol. The van der Waals surface area contributed by atoms with E-state index in [0.717, 1.165) is 11.3 Å². The molecule has 3 nitrogen and oxygen atoms in total. The van der Waals surface area contributed by atoms with Crippen LogP contribution in [0.1, 0.15) is 30.9 Å². The fourth-order valence-corrected chi connectivity index (χ4v) is 1.66. The Hall–Kier alpha value is -1.77. The van der Waals surface area contributed by atoms with E-state index in [0.29, 0.717) is 11.5 Å². The Morgan fingerprint density at radius 2 is 2.19 bits per heavy atom. The summed E-state index contributed by atoms with van der Waals surface area (Å²) in [6.45, 7) is 4.37. The Morgan fingerprint density at radius 1 is 1.44 bits per heavy atom. The number of aliphatic carboxylic acids is 1. The first-order valence-corrected chi connectivity index (χ1v) is 5.28. The molecule has 1 heterocycles. The average molecular weight is 218 g/mol. The third kappa shape index (κ3) is 1.94. The quantitative estimate of drug-likeness (QED) is 0.830. The van der Waals surface area contributed by atoms with Crippen LogP contribution < -0.4 is 4.74 Å².